The number of allylic oxidation sites excluding steroid dienone is 2. The maximum Gasteiger partial charge on any atom is 0.307 e. The lowest BCUT2D eigenvalue weighted by molar-refractivity contribution is -0.147. The molecule has 0 aliphatic heterocycles. The molecule has 94 valence electrons. The van der Waals surface area contributed by atoms with Gasteiger partial charge in [-0.05, 0) is 26.2 Å². The van der Waals surface area contributed by atoms with Crippen LogP contribution in [-0.2, 0) is 9.59 Å². The van der Waals surface area contributed by atoms with E-state index in [2.05, 4.69) is 11.9 Å². The molecular weight excluding hydrogens is 218 g/mol. The highest BCUT2D eigenvalue weighted by molar-refractivity contribution is 5.85. The summed E-state index contributed by atoms with van der Waals surface area (Å²) in [5, 5.41) is 11.9. The third-order valence-electron chi connectivity index (χ3n) is 3.00. The maximum atomic E-state index is 12.0. The average Bonchev–Trinajstić information content (AvgIpc) is 2.29. The largest absolute Gasteiger partial charge is 0.481 e. The lowest BCUT2D eigenvalue weighted by Gasteiger charge is -2.25. The van der Waals surface area contributed by atoms with E-state index >= 15 is 0 Å². The van der Waals surface area contributed by atoms with Gasteiger partial charge in [-0.25, -0.2) is 0 Å². The predicted octanol–water partition coefficient (Wildman–Crippen LogP) is 1.73. The summed E-state index contributed by atoms with van der Waals surface area (Å²) in [7, 11) is 0. The fourth-order valence-corrected chi connectivity index (χ4v) is 2.04. The van der Waals surface area contributed by atoms with Gasteiger partial charge in [0.25, 0.3) is 0 Å². The van der Waals surface area contributed by atoms with Gasteiger partial charge in [0.2, 0.25) is 5.91 Å². The van der Waals surface area contributed by atoms with E-state index < -0.39 is 17.8 Å². The fraction of sp³-hybridized carbons (Fsp3) is 0.538. The molecule has 4 nitrogen and oxygen atoms in total. The molecule has 1 aliphatic rings. The Morgan fingerprint density at radius 1 is 1.47 bits per heavy atom. The van der Waals surface area contributed by atoms with Crippen molar-refractivity contribution in [3.8, 4) is 0 Å². The van der Waals surface area contributed by atoms with Crippen molar-refractivity contribution >= 4 is 11.9 Å². The van der Waals surface area contributed by atoms with E-state index in [9.17, 15) is 9.59 Å². The highest BCUT2D eigenvalue weighted by Crippen LogP contribution is 2.26. The monoisotopic (exact) mass is 237 g/mol. The van der Waals surface area contributed by atoms with Crippen LogP contribution in [0, 0.1) is 11.8 Å². The van der Waals surface area contributed by atoms with Gasteiger partial charge in [-0.3, -0.25) is 9.59 Å². The van der Waals surface area contributed by atoms with Crippen LogP contribution in [0.5, 0.6) is 0 Å². The van der Waals surface area contributed by atoms with E-state index in [4.69, 9.17) is 5.11 Å². The Morgan fingerprint density at radius 2 is 2.06 bits per heavy atom. The molecule has 1 rings (SSSR count). The zero-order valence-corrected chi connectivity index (χ0v) is 10.1. The molecule has 0 spiro atoms. The standard InChI is InChI=1S/C13H19NO3/c1-3-6-9(2)14-12(15)10-7-4-5-8-11(10)13(16)17/h3-5,9-11H,1,6-8H2,2H3,(H,14,15)(H,16,17). The number of hydrogen-bond donors (Lipinski definition) is 2. The number of carbonyl (C=O) groups excluding carboxylic acids is 1. The minimum Gasteiger partial charge on any atom is -0.481 e. The van der Waals surface area contributed by atoms with Gasteiger partial charge in [0.15, 0.2) is 0 Å². The first kappa shape index (κ1) is 13.5. The summed E-state index contributed by atoms with van der Waals surface area (Å²) in [4.78, 5) is 23.0. The second kappa shape index (κ2) is 6.23. The second-order valence-electron chi connectivity index (χ2n) is 4.43. The molecule has 1 amide bonds. The van der Waals surface area contributed by atoms with Crippen LogP contribution in [0.4, 0.5) is 0 Å². The van der Waals surface area contributed by atoms with Gasteiger partial charge < -0.3 is 10.4 Å². The third-order valence-corrected chi connectivity index (χ3v) is 3.00. The maximum absolute atomic E-state index is 12.0. The quantitative estimate of drug-likeness (QED) is 0.716. The van der Waals surface area contributed by atoms with E-state index in [1.54, 1.807) is 6.08 Å². The first-order valence-corrected chi connectivity index (χ1v) is 5.85. The summed E-state index contributed by atoms with van der Waals surface area (Å²) in [6.45, 7) is 5.49. The van der Waals surface area contributed by atoms with Crippen LogP contribution in [0.3, 0.4) is 0 Å². The number of rotatable bonds is 5. The highest BCUT2D eigenvalue weighted by atomic mass is 16.4. The van der Waals surface area contributed by atoms with E-state index in [1.165, 1.54) is 0 Å². The molecule has 4 heteroatoms. The van der Waals surface area contributed by atoms with Crippen LogP contribution in [0.1, 0.15) is 26.2 Å². The number of nitrogens with one attached hydrogen (secondary N) is 1. The lowest BCUT2D eigenvalue weighted by atomic mass is 9.82. The van der Waals surface area contributed by atoms with Gasteiger partial charge in [-0.1, -0.05) is 18.2 Å². The van der Waals surface area contributed by atoms with Crippen LogP contribution in [0.15, 0.2) is 24.8 Å². The summed E-state index contributed by atoms with van der Waals surface area (Å²) in [5.41, 5.74) is 0. The molecule has 3 atom stereocenters. The summed E-state index contributed by atoms with van der Waals surface area (Å²) in [5.74, 6) is -2.12. The number of carboxylic acid groups (broad SMARTS) is 1. The molecule has 0 aromatic carbocycles. The van der Waals surface area contributed by atoms with Crippen LogP contribution in [0.25, 0.3) is 0 Å². The van der Waals surface area contributed by atoms with Gasteiger partial charge in [0.1, 0.15) is 0 Å². The van der Waals surface area contributed by atoms with Crippen molar-refractivity contribution in [2.45, 2.75) is 32.2 Å². The lowest BCUT2D eigenvalue weighted by Crippen LogP contribution is -2.42. The molecule has 0 saturated heterocycles. The van der Waals surface area contributed by atoms with Crippen molar-refractivity contribution in [1.82, 2.24) is 5.32 Å². The van der Waals surface area contributed by atoms with E-state index in [0.717, 1.165) is 0 Å². The molecular formula is C13H19NO3. The fourth-order valence-electron chi connectivity index (χ4n) is 2.04. The molecule has 0 fully saturated rings. The normalized spacial score (nSPS) is 25.0. The van der Waals surface area contributed by atoms with Crippen molar-refractivity contribution in [3.05, 3.63) is 24.8 Å². The molecule has 2 N–H and O–H groups in total. The zero-order valence-electron chi connectivity index (χ0n) is 10.1. The van der Waals surface area contributed by atoms with Crippen LogP contribution >= 0.6 is 0 Å². The Hall–Kier alpha value is -1.58. The predicted molar refractivity (Wildman–Crippen MR) is 65.4 cm³/mol. The molecule has 0 radical (unpaired) electrons. The molecule has 0 aromatic rings. The summed E-state index contributed by atoms with van der Waals surface area (Å²) < 4.78 is 0. The van der Waals surface area contributed by atoms with E-state index in [-0.39, 0.29) is 11.9 Å². The Labute approximate surface area is 101 Å². The van der Waals surface area contributed by atoms with Crippen LogP contribution in [0.2, 0.25) is 0 Å². The van der Waals surface area contributed by atoms with Crippen molar-refractivity contribution in [1.29, 1.82) is 0 Å². The number of carboxylic acids is 1. The van der Waals surface area contributed by atoms with Gasteiger partial charge in [0.05, 0.1) is 11.8 Å². The molecule has 0 bridgehead atoms. The summed E-state index contributed by atoms with van der Waals surface area (Å²) >= 11 is 0. The molecule has 17 heavy (non-hydrogen) atoms. The van der Waals surface area contributed by atoms with Gasteiger partial charge in [-0.2, -0.15) is 0 Å². The van der Waals surface area contributed by atoms with Crippen molar-refractivity contribution in [2.75, 3.05) is 0 Å². The minimum absolute atomic E-state index is 0.000325. The van der Waals surface area contributed by atoms with Gasteiger partial charge >= 0.3 is 5.97 Å². The number of hydrogen-bond acceptors (Lipinski definition) is 2. The van der Waals surface area contributed by atoms with E-state index in [1.807, 2.05) is 19.1 Å². The van der Waals surface area contributed by atoms with Crippen molar-refractivity contribution in [2.24, 2.45) is 11.8 Å². The summed E-state index contributed by atoms with van der Waals surface area (Å²) in [6.07, 6.45) is 7.07. The molecule has 0 heterocycles. The minimum atomic E-state index is -0.897. The molecule has 0 saturated carbocycles. The SMILES string of the molecule is C=CCC(C)NC(=O)C1CC=CCC1C(=O)O. The Morgan fingerprint density at radius 3 is 2.59 bits per heavy atom. The third kappa shape index (κ3) is 3.73. The number of carbonyl (C=O) groups is 2. The first-order valence-electron chi connectivity index (χ1n) is 5.85. The molecule has 0 aromatic heterocycles. The zero-order chi connectivity index (χ0) is 12.8. The Kier molecular flexibility index (Phi) is 4.94. The molecule has 1 aliphatic carbocycles. The average molecular weight is 237 g/mol. The molecule has 3 unspecified atom stereocenters. The topological polar surface area (TPSA) is 66.4 Å². The first-order chi connectivity index (χ1) is 8.06. The van der Waals surface area contributed by atoms with Crippen LogP contribution in [-0.4, -0.2) is 23.0 Å². The van der Waals surface area contributed by atoms with E-state index in [0.29, 0.717) is 19.3 Å². The Balaban J connectivity index is 2.63. The van der Waals surface area contributed by atoms with Crippen molar-refractivity contribution in [3.63, 3.8) is 0 Å². The van der Waals surface area contributed by atoms with Gasteiger partial charge in [-0.15, -0.1) is 6.58 Å². The Bertz CT molecular complexity index is 336. The van der Waals surface area contributed by atoms with Gasteiger partial charge in [0, 0.05) is 6.04 Å². The smallest absolute Gasteiger partial charge is 0.307 e. The van der Waals surface area contributed by atoms with Crippen molar-refractivity contribution < 1.29 is 14.7 Å². The number of aliphatic carboxylic acids is 1. The second-order valence-corrected chi connectivity index (χ2v) is 4.43. The summed E-state index contributed by atoms with van der Waals surface area (Å²) in [6, 6.07) is 0.000325. The van der Waals surface area contributed by atoms with Crippen LogP contribution < -0.4 is 5.32 Å². The number of amides is 1. The highest BCUT2D eigenvalue weighted by Gasteiger charge is 2.34.